The molecule has 1 fully saturated rings. The highest BCUT2D eigenvalue weighted by Gasteiger charge is 2.34. The highest BCUT2D eigenvalue weighted by molar-refractivity contribution is 7.92. The Morgan fingerprint density at radius 1 is 0.902 bits per heavy atom. The van der Waals surface area contributed by atoms with Crippen molar-refractivity contribution in [1.29, 1.82) is 0 Å². The third-order valence-electron chi connectivity index (χ3n) is 7.79. The molecule has 41 heavy (non-hydrogen) atoms. The maximum Gasteiger partial charge on any atom is 0.244 e. The van der Waals surface area contributed by atoms with Gasteiger partial charge >= 0.3 is 0 Å². The average Bonchev–Trinajstić information content (AvgIpc) is 2.95. The van der Waals surface area contributed by atoms with Crippen molar-refractivity contribution in [3.8, 4) is 0 Å². The predicted octanol–water partition coefficient (Wildman–Crippen LogP) is 5.16. The fraction of sp³-hybridized carbons (Fsp3) is 0.394. The van der Waals surface area contributed by atoms with Gasteiger partial charge < -0.3 is 10.2 Å². The van der Waals surface area contributed by atoms with Gasteiger partial charge in [-0.25, -0.2) is 8.42 Å². The van der Waals surface area contributed by atoms with E-state index in [0.717, 1.165) is 64.9 Å². The van der Waals surface area contributed by atoms with E-state index in [4.69, 9.17) is 0 Å². The minimum atomic E-state index is -3.79. The number of hydrogen-bond acceptors (Lipinski definition) is 4. The Morgan fingerprint density at radius 2 is 1.59 bits per heavy atom. The zero-order valence-corrected chi connectivity index (χ0v) is 25.1. The van der Waals surface area contributed by atoms with Gasteiger partial charge in [0.1, 0.15) is 12.6 Å². The number of nitrogens with one attached hydrogen (secondary N) is 1. The van der Waals surface area contributed by atoms with E-state index in [0.29, 0.717) is 12.1 Å². The quantitative estimate of drug-likeness (QED) is 0.342. The zero-order valence-electron chi connectivity index (χ0n) is 24.3. The van der Waals surface area contributed by atoms with Gasteiger partial charge in [-0.15, -0.1) is 0 Å². The Bertz CT molecular complexity index is 1440. The predicted molar refractivity (Wildman–Crippen MR) is 164 cm³/mol. The van der Waals surface area contributed by atoms with E-state index in [1.165, 1.54) is 0 Å². The highest BCUT2D eigenvalue weighted by atomic mass is 32.2. The third kappa shape index (κ3) is 8.43. The summed E-state index contributed by atoms with van der Waals surface area (Å²) >= 11 is 0. The molecule has 8 heteroatoms. The van der Waals surface area contributed by atoms with Crippen molar-refractivity contribution in [2.24, 2.45) is 0 Å². The summed E-state index contributed by atoms with van der Waals surface area (Å²) < 4.78 is 27.0. The van der Waals surface area contributed by atoms with Crippen molar-refractivity contribution in [2.45, 2.75) is 71.0 Å². The Hall–Kier alpha value is -3.65. The number of rotatable bonds is 11. The molecule has 0 spiro atoms. The van der Waals surface area contributed by atoms with Crippen molar-refractivity contribution in [1.82, 2.24) is 10.2 Å². The zero-order chi connectivity index (χ0) is 29.4. The maximum absolute atomic E-state index is 14.2. The standard InChI is InChI=1S/C33H41N3O4S/c1-25-13-12-20-30(21-25)36(41(3,39)40)24-32(37)35(23-28-17-11-10-14-26(28)2)31(22-27-15-6-4-7-16-27)33(38)34-29-18-8-5-9-19-29/h4,6-7,10-17,20-21,29,31H,5,8-9,18-19,22-24H2,1-3H3,(H,34,38). The molecule has 7 nitrogen and oxygen atoms in total. The van der Waals surface area contributed by atoms with E-state index in [9.17, 15) is 18.0 Å². The lowest BCUT2D eigenvalue weighted by atomic mass is 9.94. The first-order chi connectivity index (χ1) is 19.6. The number of anilines is 1. The number of carbonyl (C=O) groups is 2. The molecule has 4 rings (SSSR count). The number of amides is 2. The van der Waals surface area contributed by atoms with Gasteiger partial charge in [0, 0.05) is 19.0 Å². The van der Waals surface area contributed by atoms with Crippen molar-refractivity contribution in [3.05, 3.63) is 101 Å². The van der Waals surface area contributed by atoms with Crippen LogP contribution < -0.4 is 9.62 Å². The molecular weight excluding hydrogens is 534 g/mol. The van der Waals surface area contributed by atoms with Crippen molar-refractivity contribution >= 4 is 27.5 Å². The van der Waals surface area contributed by atoms with Crippen LogP contribution in [0.1, 0.15) is 54.4 Å². The molecular formula is C33H41N3O4S. The van der Waals surface area contributed by atoms with Gasteiger partial charge in [-0.05, 0) is 61.1 Å². The van der Waals surface area contributed by atoms with Crippen LogP contribution in [0.25, 0.3) is 0 Å². The van der Waals surface area contributed by atoms with Crippen molar-refractivity contribution in [3.63, 3.8) is 0 Å². The topological polar surface area (TPSA) is 86.8 Å². The Morgan fingerprint density at radius 3 is 2.24 bits per heavy atom. The van der Waals surface area contributed by atoms with Gasteiger partial charge in [0.05, 0.1) is 11.9 Å². The number of hydrogen-bond donors (Lipinski definition) is 1. The van der Waals surface area contributed by atoms with E-state index in [1.54, 1.807) is 23.1 Å². The molecule has 1 saturated carbocycles. The van der Waals surface area contributed by atoms with E-state index >= 15 is 0 Å². The summed E-state index contributed by atoms with van der Waals surface area (Å²) in [6.07, 6.45) is 6.57. The second-order valence-corrected chi connectivity index (χ2v) is 13.0. The van der Waals surface area contributed by atoms with Gasteiger partial charge in [0.15, 0.2) is 0 Å². The lowest BCUT2D eigenvalue weighted by molar-refractivity contribution is -0.140. The van der Waals surface area contributed by atoms with E-state index in [2.05, 4.69) is 5.32 Å². The minimum Gasteiger partial charge on any atom is -0.352 e. The summed E-state index contributed by atoms with van der Waals surface area (Å²) in [6, 6.07) is 23.8. The summed E-state index contributed by atoms with van der Waals surface area (Å²) in [7, 11) is -3.79. The number of sulfonamides is 1. The lowest BCUT2D eigenvalue weighted by Gasteiger charge is -2.35. The largest absolute Gasteiger partial charge is 0.352 e. The normalized spacial score (nSPS) is 14.7. The van der Waals surface area contributed by atoms with Crippen LogP contribution >= 0.6 is 0 Å². The molecule has 3 aromatic rings. The molecule has 0 saturated heterocycles. The summed E-state index contributed by atoms with van der Waals surface area (Å²) in [5.74, 6) is -0.635. The van der Waals surface area contributed by atoms with Crippen LogP contribution in [0, 0.1) is 13.8 Å². The molecule has 0 aliphatic heterocycles. The van der Waals surface area contributed by atoms with Gasteiger partial charge in [0.25, 0.3) is 0 Å². The molecule has 1 N–H and O–H groups in total. The maximum atomic E-state index is 14.2. The van der Waals surface area contributed by atoms with Gasteiger partial charge in [-0.1, -0.05) is 86.0 Å². The van der Waals surface area contributed by atoms with Crippen molar-refractivity contribution in [2.75, 3.05) is 17.1 Å². The van der Waals surface area contributed by atoms with Crippen LogP contribution in [0.15, 0.2) is 78.9 Å². The summed E-state index contributed by atoms with van der Waals surface area (Å²) in [4.78, 5) is 29.8. The first kappa shape index (κ1) is 30.3. The molecule has 1 atom stereocenters. The molecule has 0 aromatic heterocycles. The van der Waals surface area contributed by atoms with Crippen LogP contribution in [0.3, 0.4) is 0 Å². The molecule has 1 unspecified atom stereocenters. The fourth-order valence-corrected chi connectivity index (χ4v) is 6.31. The third-order valence-corrected chi connectivity index (χ3v) is 8.93. The molecule has 218 valence electrons. The van der Waals surface area contributed by atoms with E-state index in [1.807, 2.05) is 74.5 Å². The number of nitrogens with zero attached hydrogens (tertiary/aromatic N) is 2. The van der Waals surface area contributed by atoms with Gasteiger partial charge in [-0.2, -0.15) is 0 Å². The van der Waals surface area contributed by atoms with Crippen molar-refractivity contribution < 1.29 is 18.0 Å². The molecule has 0 heterocycles. The first-order valence-electron chi connectivity index (χ1n) is 14.3. The fourth-order valence-electron chi connectivity index (χ4n) is 5.47. The van der Waals surface area contributed by atoms with Crippen LogP contribution in [-0.4, -0.2) is 50.0 Å². The molecule has 1 aliphatic rings. The van der Waals surface area contributed by atoms with Crippen LogP contribution in [0.2, 0.25) is 0 Å². The second kappa shape index (κ2) is 13.8. The van der Waals surface area contributed by atoms with Gasteiger partial charge in [0.2, 0.25) is 21.8 Å². The van der Waals surface area contributed by atoms with E-state index in [-0.39, 0.29) is 18.5 Å². The smallest absolute Gasteiger partial charge is 0.244 e. The number of aryl methyl sites for hydroxylation is 2. The van der Waals surface area contributed by atoms with Crippen LogP contribution in [0.4, 0.5) is 5.69 Å². The number of carbonyl (C=O) groups excluding carboxylic acids is 2. The SMILES string of the molecule is Cc1cccc(N(CC(=O)N(Cc2ccccc2C)C(Cc2ccccc2)C(=O)NC2CCCCC2)S(C)(=O)=O)c1. The highest BCUT2D eigenvalue weighted by Crippen LogP contribution is 2.23. The molecule has 0 bridgehead atoms. The first-order valence-corrected chi connectivity index (χ1v) is 16.2. The molecule has 0 radical (unpaired) electrons. The van der Waals surface area contributed by atoms with Crippen LogP contribution in [-0.2, 0) is 32.6 Å². The lowest BCUT2D eigenvalue weighted by Crippen LogP contribution is -2.55. The van der Waals surface area contributed by atoms with Gasteiger partial charge in [-0.3, -0.25) is 13.9 Å². The molecule has 3 aromatic carbocycles. The Kier molecular flexibility index (Phi) is 10.2. The molecule has 2 amide bonds. The average molecular weight is 576 g/mol. The van der Waals surface area contributed by atoms with Crippen LogP contribution in [0.5, 0.6) is 0 Å². The number of benzene rings is 3. The second-order valence-electron chi connectivity index (χ2n) is 11.1. The summed E-state index contributed by atoms with van der Waals surface area (Å²) in [5.41, 5.74) is 4.13. The monoisotopic (exact) mass is 575 g/mol. The molecule has 1 aliphatic carbocycles. The summed E-state index contributed by atoms with van der Waals surface area (Å²) in [6.45, 7) is 3.63. The Labute approximate surface area is 244 Å². The Balaban J connectivity index is 1.73. The summed E-state index contributed by atoms with van der Waals surface area (Å²) in [5, 5.41) is 3.23. The minimum absolute atomic E-state index is 0.0738. The van der Waals surface area contributed by atoms with E-state index < -0.39 is 28.5 Å².